The summed E-state index contributed by atoms with van der Waals surface area (Å²) in [6.45, 7) is 1.81. The lowest BCUT2D eigenvalue weighted by molar-refractivity contribution is 0.0926. The summed E-state index contributed by atoms with van der Waals surface area (Å²) in [6.07, 6.45) is 0. The van der Waals surface area contributed by atoms with Gasteiger partial charge in [0.25, 0.3) is 11.8 Å². The molecular weight excluding hydrogens is 254 g/mol. The van der Waals surface area contributed by atoms with Crippen LogP contribution in [-0.2, 0) is 0 Å². The van der Waals surface area contributed by atoms with Gasteiger partial charge in [0, 0.05) is 11.4 Å². The Labute approximate surface area is 115 Å². The Morgan fingerprint density at radius 2 is 1.45 bits per heavy atom. The van der Waals surface area contributed by atoms with Crippen LogP contribution in [0.15, 0.2) is 36.4 Å². The molecule has 5 nitrogen and oxygen atoms in total. The van der Waals surface area contributed by atoms with E-state index >= 15 is 0 Å². The molecule has 0 saturated heterocycles. The van der Waals surface area contributed by atoms with Gasteiger partial charge in [0.1, 0.15) is 0 Å². The van der Waals surface area contributed by atoms with E-state index in [0.29, 0.717) is 28.2 Å². The molecule has 1 aliphatic rings. The van der Waals surface area contributed by atoms with Gasteiger partial charge in [0.05, 0.1) is 16.8 Å². The number of imide groups is 1. The minimum absolute atomic E-state index is 0.335. The molecule has 0 unspecified atom stereocenters. The second-order valence-electron chi connectivity index (χ2n) is 4.80. The van der Waals surface area contributed by atoms with E-state index in [-0.39, 0.29) is 11.8 Å². The maximum absolute atomic E-state index is 12.4. The van der Waals surface area contributed by atoms with Crippen molar-refractivity contribution in [2.24, 2.45) is 0 Å². The number of fused-ring (bicyclic) bond motifs is 1. The molecule has 2 aromatic carbocycles. The van der Waals surface area contributed by atoms with Crippen molar-refractivity contribution in [2.75, 3.05) is 16.4 Å². The Bertz CT molecular complexity index is 753. The number of carbonyl (C=O) groups is 2. The average molecular weight is 267 g/mol. The molecule has 2 aromatic rings. The largest absolute Gasteiger partial charge is 0.399 e. The van der Waals surface area contributed by atoms with Gasteiger partial charge in [0.2, 0.25) is 0 Å². The number of benzene rings is 2. The van der Waals surface area contributed by atoms with Crippen LogP contribution in [-0.4, -0.2) is 11.8 Å². The SMILES string of the molecule is Cc1cc(N)ccc1N1C(=O)c2ccc(N)cc2C1=O. The fourth-order valence-electron chi connectivity index (χ4n) is 2.41. The van der Waals surface area contributed by atoms with E-state index in [1.54, 1.807) is 30.3 Å². The van der Waals surface area contributed by atoms with Crippen molar-refractivity contribution in [2.45, 2.75) is 6.92 Å². The van der Waals surface area contributed by atoms with E-state index in [2.05, 4.69) is 0 Å². The van der Waals surface area contributed by atoms with Gasteiger partial charge in [0.15, 0.2) is 0 Å². The van der Waals surface area contributed by atoms with Gasteiger partial charge in [-0.3, -0.25) is 9.59 Å². The molecule has 0 atom stereocenters. The zero-order valence-corrected chi connectivity index (χ0v) is 10.9. The van der Waals surface area contributed by atoms with Gasteiger partial charge in [-0.25, -0.2) is 4.90 Å². The van der Waals surface area contributed by atoms with Crippen molar-refractivity contribution in [1.82, 2.24) is 0 Å². The number of hydrogen-bond acceptors (Lipinski definition) is 4. The van der Waals surface area contributed by atoms with Crippen LogP contribution < -0.4 is 16.4 Å². The second-order valence-corrected chi connectivity index (χ2v) is 4.80. The number of hydrogen-bond donors (Lipinski definition) is 2. The van der Waals surface area contributed by atoms with Crippen LogP contribution in [0.3, 0.4) is 0 Å². The minimum Gasteiger partial charge on any atom is -0.399 e. The molecule has 0 fully saturated rings. The maximum Gasteiger partial charge on any atom is 0.266 e. The van der Waals surface area contributed by atoms with Crippen LogP contribution in [0.4, 0.5) is 17.1 Å². The number of rotatable bonds is 1. The highest BCUT2D eigenvalue weighted by Gasteiger charge is 2.37. The molecule has 1 aliphatic heterocycles. The fraction of sp³-hybridized carbons (Fsp3) is 0.0667. The molecule has 3 rings (SSSR count). The van der Waals surface area contributed by atoms with Gasteiger partial charge in [-0.1, -0.05) is 0 Å². The minimum atomic E-state index is -0.356. The van der Waals surface area contributed by atoms with Gasteiger partial charge >= 0.3 is 0 Å². The lowest BCUT2D eigenvalue weighted by Crippen LogP contribution is -2.30. The van der Waals surface area contributed by atoms with Crippen LogP contribution in [0, 0.1) is 6.92 Å². The monoisotopic (exact) mass is 267 g/mol. The number of aryl methyl sites for hydroxylation is 1. The van der Waals surface area contributed by atoms with Crippen LogP contribution in [0.5, 0.6) is 0 Å². The summed E-state index contributed by atoms with van der Waals surface area (Å²) >= 11 is 0. The van der Waals surface area contributed by atoms with Crippen LogP contribution in [0.1, 0.15) is 26.3 Å². The lowest BCUT2D eigenvalue weighted by Gasteiger charge is -2.16. The van der Waals surface area contributed by atoms with E-state index in [9.17, 15) is 9.59 Å². The van der Waals surface area contributed by atoms with Crippen molar-refractivity contribution >= 4 is 28.9 Å². The van der Waals surface area contributed by atoms with Gasteiger partial charge < -0.3 is 11.5 Å². The summed E-state index contributed by atoms with van der Waals surface area (Å²) in [5.74, 6) is -0.692. The summed E-state index contributed by atoms with van der Waals surface area (Å²) in [4.78, 5) is 26.0. The first-order chi connectivity index (χ1) is 9.49. The Hall–Kier alpha value is -2.82. The molecule has 2 amide bonds. The highest BCUT2D eigenvalue weighted by Crippen LogP contribution is 2.32. The quantitative estimate of drug-likeness (QED) is 0.610. The molecule has 0 aromatic heterocycles. The van der Waals surface area contributed by atoms with E-state index < -0.39 is 0 Å². The van der Waals surface area contributed by atoms with Crippen molar-refractivity contribution in [3.05, 3.63) is 53.1 Å². The molecule has 0 saturated carbocycles. The molecule has 0 spiro atoms. The second kappa shape index (κ2) is 4.09. The number of nitrogens with zero attached hydrogens (tertiary/aromatic N) is 1. The molecule has 100 valence electrons. The molecule has 0 aliphatic carbocycles. The molecular formula is C15H13N3O2. The third kappa shape index (κ3) is 1.64. The molecule has 1 heterocycles. The van der Waals surface area contributed by atoms with Crippen LogP contribution in [0.2, 0.25) is 0 Å². The highest BCUT2D eigenvalue weighted by molar-refractivity contribution is 6.34. The summed E-state index contributed by atoms with van der Waals surface area (Å²) in [5.41, 5.74) is 14.4. The normalized spacial score (nSPS) is 13.8. The van der Waals surface area contributed by atoms with Crippen molar-refractivity contribution in [3.8, 4) is 0 Å². The number of carbonyl (C=O) groups excluding carboxylic acids is 2. The molecule has 5 heteroatoms. The third-order valence-corrected chi connectivity index (χ3v) is 3.37. The first-order valence-corrected chi connectivity index (χ1v) is 6.13. The maximum atomic E-state index is 12.4. The standard InChI is InChI=1S/C15H13N3O2/c1-8-6-9(16)3-5-13(8)18-14(19)11-4-2-10(17)7-12(11)15(18)20/h2-7H,16-17H2,1H3. The third-order valence-electron chi connectivity index (χ3n) is 3.37. The Balaban J connectivity index is 2.14. The molecule has 0 radical (unpaired) electrons. The molecule has 4 N–H and O–H groups in total. The van der Waals surface area contributed by atoms with Crippen molar-refractivity contribution in [1.29, 1.82) is 0 Å². The number of nitrogens with two attached hydrogens (primary N) is 2. The van der Waals surface area contributed by atoms with Crippen molar-refractivity contribution < 1.29 is 9.59 Å². The fourth-order valence-corrected chi connectivity index (χ4v) is 2.41. The first kappa shape index (κ1) is 12.2. The Morgan fingerprint density at radius 1 is 0.850 bits per heavy atom. The smallest absolute Gasteiger partial charge is 0.266 e. The predicted octanol–water partition coefficient (Wildman–Crippen LogP) is 1.96. The summed E-state index contributed by atoms with van der Waals surface area (Å²) in [5, 5.41) is 0. The number of amides is 2. The van der Waals surface area contributed by atoms with E-state index in [1.807, 2.05) is 6.92 Å². The Morgan fingerprint density at radius 3 is 2.15 bits per heavy atom. The summed E-state index contributed by atoms with van der Waals surface area (Å²) in [7, 11) is 0. The first-order valence-electron chi connectivity index (χ1n) is 6.13. The summed E-state index contributed by atoms with van der Waals surface area (Å²) < 4.78 is 0. The van der Waals surface area contributed by atoms with Gasteiger partial charge in [-0.15, -0.1) is 0 Å². The van der Waals surface area contributed by atoms with E-state index in [0.717, 1.165) is 5.56 Å². The highest BCUT2D eigenvalue weighted by atomic mass is 16.2. The number of nitrogen functional groups attached to an aromatic ring is 2. The van der Waals surface area contributed by atoms with E-state index in [4.69, 9.17) is 11.5 Å². The van der Waals surface area contributed by atoms with Crippen LogP contribution in [0.25, 0.3) is 0 Å². The zero-order valence-electron chi connectivity index (χ0n) is 10.9. The predicted molar refractivity (Wildman–Crippen MR) is 77.6 cm³/mol. The van der Waals surface area contributed by atoms with Crippen LogP contribution >= 0.6 is 0 Å². The van der Waals surface area contributed by atoms with Gasteiger partial charge in [-0.05, 0) is 48.9 Å². The summed E-state index contributed by atoms with van der Waals surface area (Å²) in [6, 6.07) is 9.80. The van der Waals surface area contributed by atoms with Crippen molar-refractivity contribution in [3.63, 3.8) is 0 Å². The van der Waals surface area contributed by atoms with E-state index in [1.165, 1.54) is 11.0 Å². The topological polar surface area (TPSA) is 89.4 Å². The average Bonchev–Trinajstić information content (AvgIpc) is 2.63. The molecule has 20 heavy (non-hydrogen) atoms. The molecule has 0 bridgehead atoms. The zero-order chi connectivity index (χ0) is 14.4. The number of anilines is 3. The lowest BCUT2D eigenvalue weighted by atomic mass is 10.1. The van der Waals surface area contributed by atoms with Gasteiger partial charge in [-0.2, -0.15) is 0 Å². The Kier molecular flexibility index (Phi) is 2.50.